The Morgan fingerprint density at radius 3 is 2.63 bits per heavy atom. The first-order valence-electron chi connectivity index (χ1n) is 11.2. The molecule has 1 aromatic heterocycles. The second kappa shape index (κ2) is 10.6. The number of pyridine rings is 1. The summed E-state index contributed by atoms with van der Waals surface area (Å²) in [6, 6.07) is 16.8. The van der Waals surface area contributed by atoms with Crippen molar-refractivity contribution in [3.8, 4) is 5.75 Å². The maximum atomic E-state index is 13.1. The van der Waals surface area contributed by atoms with Gasteiger partial charge in [0.15, 0.2) is 11.4 Å². The lowest BCUT2D eigenvalue weighted by Crippen LogP contribution is -2.39. The van der Waals surface area contributed by atoms with Gasteiger partial charge in [0, 0.05) is 24.8 Å². The standard InChI is InChI=1S/C26H24F3N3O3/c27-26(28,29)20-10-4-9-19(15-20)25(34)32-14-6-11-21(32)17-35-22-12-5-13-30-23(22)24(33)31-16-18-7-2-1-3-8-18/h1-5,7-10,12-13,15,21H,6,11,14,16-17H2,(H,31,33)/t21-/m1/s1. The van der Waals surface area contributed by atoms with Gasteiger partial charge in [-0.1, -0.05) is 36.4 Å². The molecule has 35 heavy (non-hydrogen) atoms. The van der Waals surface area contributed by atoms with Gasteiger partial charge in [0.2, 0.25) is 0 Å². The molecule has 1 N–H and O–H groups in total. The molecular formula is C26H24F3N3O3. The van der Waals surface area contributed by atoms with Crippen LogP contribution in [-0.4, -0.2) is 40.9 Å². The number of ether oxygens (including phenoxy) is 1. The molecule has 182 valence electrons. The predicted molar refractivity (Wildman–Crippen MR) is 123 cm³/mol. The molecule has 1 saturated heterocycles. The Kier molecular flexibility index (Phi) is 7.33. The van der Waals surface area contributed by atoms with Gasteiger partial charge in [0.05, 0.1) is 11.6 Å². The molecule has 2 aromatic carbocycles. The van der Waals surface area contributed by atoms with E-state index in [9.17, 15) is 22.8 Å². The lowest BCUT2D eigenvalue weighted by molar-refractivity contribution is -0.137. The molecule has 1 aliphatic rings. The van der Waals surface area contributed by atoms with Crippen molar-refractivity contribution in [1.29, 1.82) is 0 Å². The van der Waals surface area contributed by atoms with E-state index in [1.807, 2.05) is 30.3 Å². The van der Waals surface area contributed by atoms with Gasteiger partial charge in [-0.2, -0.15) is 13.2 Å². The number of halogens is 3. The van der Waals surface area contributed by atoms with E-state index in [4.69, 9.17) is 4.74 Å². The van der Waals surface area contributed by atoms with E-state index in [1.165, 1.54) is 23.2 Å². The number of carbonyl (C=O) groups is 2. The number of likely N-dealkylation sites (tertiary alicyclic amines) is 1. The minimum absolute atomic E-state index is 0.0194. The third-order valence-corrected chi connectivity index (χ3v) is 5.79. The third-order valence-electron chi connectivity index (χ3n) is 5.79. The molecule has 0 spiro atoms. The van der Waals surface area contributed by atoms with Gasteiger partial charge in [-0.15, -0.1) is 0 Å². The molecule has 0 unspecified atom stereocenters. The van der Waals surface area contributed by atoms with Crippen LogP contribution in [0.4, 0.5) is 13.2 Å². The van der Waals surface area contributed by atoms with Gasteiger partial charge in [-0.3, -0.25) is 9.59 Å². The summed E-state index contributed by atoms with van der Waals surface area (Å²) >= 11 is 0. The lowest BCUT2D eigenvalue weighted by atomic mass is 10.1. The van der Waals surface area contributed by atoms with Gasteiger partial charge < -0.3 is 15.0 Å². The normalized spacial score (nSPS) is 15.6. The molecule has 0 radical (unpaired) electrons. The average Bonchev–Trinajstić information content (AvgIpc) is 3.34. The highest BCUT2D eigenvalue weighted by Gasteiger charge is 2.34. The Morgan fingerprint density at radius 2 is 1.86 bits per heavy atom. The minimum atomic E-state index is -4.53. The first-order valence-corrected chi connectivity index (χ1v) is 11.2. The second-order valence-corrected chi connectivity index (χ2v) is 8.20. The highest BCUT2D eigenvalue weighted by atomic mass is 19.4. The Balaban J connectivity index is 1.41. The fraction of sp³-hybridized carbons (Fsp3) is 0.269. The predicted octanol–water partition coefficient (Wildman–Crippen LogP) is 4.71. The third kappa shape index (κ3) is 5.98. The molecule has 0 aliphatic carbocycles. The maximum absolute atomic E-state index is 13.1. The minimum Gasteiger partial charge on any atom is -0.489 e. The summed E-state index contributed by atoms with van der Waals surface area (Å²) in [4.78, 5) is 31.3. The van der Waals surface area contributed by atoms with E-state index in [1.54, 1.807) is 12.1 Å². The number of rotatable bonds is 7. The second-order valence-electron chi connectivity index (χ2n) is 8.20. The Morgan fingerprint density at radius 1 is 1.06 bits per heavy atom. The highest BCUT2D eigenvalue weighted by Crippen LogP contribution is 2.30. The molecule has 1 aliphatic heterocycles. The van der Waals surface area contributed by atoms with E-state index in [0.717, 1.165) is 17.7 Å². The molecule has 6 nitrogen and oxygen atoms in total. The van der Waals surface area contributed by atoms with Crippen molar-refractivity contribution in [3.05, 3.63) is 95.3 Å². The van der Waals surface area contributed by atoms with Crippen LogP contribution < -0.4 is 10.1 Å². The Bertz CT molecular complexity index is 1180. The first kappa shape index (κ1) is 24.3. The highest BCUT2D eigenvalue weighted by molar-refractivity contribution is 5.95. The largest absolute Gasteiger partial charge is 0.489 e. The fourth-order valence-electron chi connectivity index (χ4n) is 4.00. The van der Waals surface area contributed by atoms with Gasteiger partial charge in [-0.25, -0.2) is 4.98 Å². The molecule has 4 rings (SSSR count). The summed E-state index contributed by atoms with van der Waals surface area (Å²) in [6.45, 7) is 0.841. The van der Waals surface area contributed by atoms with Crippen molar-refractivity contribution in [2.24, 2.45) is 0 Å². The van der Waals surface area contributed by atoms with E-state index in [0.29, 0.717) is 25.9 Å². The zero-order valence-corrected chi connectivity index (χ0v) is 18.8. The van der Waals surface area contributed by atoms with Crippen molar-refractivity contribution < 1.29 is 27.5 Å². The smallest absolute Gasteiger partial charge is 0.416 e. The number of hydrogen-bond donors (Lipinski definition) is 1. The van der Waals surface area contributed by atoms with Crippen LogP contribution in [0.15, 0.2) is 72.9 Å². The fourth-order valence-corrected chi connectivity index (χ4v) is 4.00. The molecule has 3 aromatic rings. The number of aromatic nitrogens is 1. The Hall–Kier alpha value is -3.88. The lowest BCUT2D eigenvalue weighted by Gasteiger charge is -2.25. The van der Waals surface area contributed by atoms with Crippen molar-refractivity contribution in [3.63, 3.8) is 0 Å². The number of carbonyl (C=O) groups excluding carboxylic acids is 2. The van der Waals surface area contributed by atoms with E-state index in [-0.39, 0.29) is 29.7 Å². The summed E-state index contributed by atoms with van der Waals surface area (Å²) in [7, 11) is 0. The zero-order valence-electron chi connectivity index (χ0n) is 18.8. The van der Waals surface area contributed by atoms with Crippen LogP contribution in [0.1, 0.15) is 44.8 Å². The van der Waals surface area contributed by atoms with Gasteiger partial charge in [0.25, 0.3) is 11.8 Å². The van der Waals surface area contributed by atoms with Crippen LogP contribution in [0.3, 0.4) is 0 Å². The Labute approximate surface area is 200 Å². The quantitative estimate of drug-likeness (QED) is 0.528. The molecule has 1 fully saturated rings. The van der Waals surface area contributed by atoms with Gasteiger partial charge in [0.1, 0.15) is 6.61 Å². The number of nitrogens with one attached hydrogen (secondary N) is 1. The summed E-state index contributed by atoms with van der Waals surface area (Å²) in [6.07, 6.45) is -1.69. The van der Waals surface area contributed by atoms with E-state index in [2.05, 4.69) is 10.3 Å². The molecule has 0 saturated carbocycles. The number of nitrogens with zero attached hydrogens (tertiary/aromatic N) is 2. The van der Waals surface area contributed by atoms with Crippen LogP contribution >= 0.6 is 0 Å². The van der Waals surface area contributed by atoms with Crippen molar-refractivity contribution >= 4 is 11.8 Å². The average molecular weight is 483 g/mol. The van der Waals surface area contributed by atoms with Crippen LogP contribution in [0, 0.1) is 0 Å². The van der Waals surface area contributed by atoms with Crippen LogP contribution in [0.5, 0.6) is 5.75 Å². The van der Waals surface area contributed by atoms with Crippen molar-refractivity contribution in [1.82, 2.24) is 15.2 Å². The number of hydrogen-bond acceptors (Lipinski definition) is 4. The topological polar surface area (TPSA) is 71.5 Å². The van der Waals surface area contributed by atoms with Crippen molar-refractivity contribution in [2.45, 2.75) is 31.6 Å². The van der Waals surface area contributed by atoms with E-state index >= 15 is 0 Å². The molecule has 2 amide bonds. The number of benzene rings is 2. The van der Waals surface area contributed by atoms with Crippen LogP contribution in [0.2, 0.25) is 0 Å². The summed E-state index contributed by atoms with van der Waals surface area (Å²) < 4.78 is 45.1. The van der Waals surface area contributed by atoms with Crippen LogP contribution in [-0.2, 0) is 12.7 Å². The SMILES string of the molecule is O=C(NCc1ccccc1)c1ncccc1OC[C@H]1CCCN1C(=O)c1cccc(C(F)(F)F)c1. The van der Waals surface area contributed by atoms with Gasteiger partial charge >= 0.3 is 6.18 Å². The molecule has 1 atom stereocenters. The summed E-state index contributed by atoms with van der Waals surface area (Å²) in [5, 5.41) is 2.81. The molecule has 9 heteroatoms. The van der Waals surface area contributed by atoms with Gasteiger partial charge in [-0.05, 0) is 48.7 Å². The number of alkyl halides is 3. The maximum Gasteiger partial charge on any atom is 0.416 e. The monoisotopic (exact) mass is 483 g/mol. The summed E-state index contributed by atoms with van der Waals surface area (Å²) in [5.41, 5.74) is 0.178. The molecule has 0 bridgehead atoms. The van der Waals surface area contributed by atoms with Crippen LogP contribution in [0.25, 0.3) is 0 Å². The molecular weight excluding hydrogens is 459 g/mol. The number of amides is 2. The van der Waals surface area contributed by atoms with Crippen molar-refractivity contribution in [2.75, 3.05) is 13.2 Å². The first-order chi connectivity index (χ1) is 16.8. The summed E-state index contributed by atoms with van der Waals surface area (Å²) in [5.74, 6) is -0.599. The van der Waals surface area contributed by atoms with E-state index < -0.39 is 23.6 Å². The zero-order chi connectivity index (χ0) is 24.8. The molecule has 2 heterocycles.